The lowest BCUT2D eigenvalue weighted by atomic mass is 9.98. The number of H-pyrrole nitrogens is 1. The van der Waals surface area contributed by atoms with Crippen molar-refractivity contribution in [1.82, 2.24) is 15.6 Å². The first-order valence-electron chi connectivity index (χ1n) is 6.71. The Morgan fingerprint density at radius 1 is 1.40 bits per heavy atom. The quantitative estimate of drug-likeness (QED) is 0.733. The van der Waals surface area contributed by atoms with Crippen LogP contribution >= 0.6 is 0 Å². The van der Waals surface area contributed by atoms with Gasteiger partial charge < -0.3 is 15.6 Å². The van der Waals surface area contributed by atoms with Crippen LogP contribution in [0.5, 0.6) is 0 Å². The molecule has 1 saturated heterocycles. The maximum absolute atomic E-state index is 12.0. The number of nitrogens with one attached hydrogen (secondary N) is 3. The number of pyridine rings is 1. The van der Waals surface area contributed by atoms with Gasteiger partial charge in [-0.25, -0.2) is 0 Å². The van der Waals surface area contributed by atoms with Crippen molar-refractivity contribution in [2.45, 2.75) is 33.2 Å². The van der Waals surface area contributed by atoms with Crippen molar-refractivity contribution in [2.24, 2.45) is 5.92 Å². The molecular weight excluding hydrogens is 258 g/mol. The monoisotopic (exact) mass is 277 g/mol. The molecule has 2 rings (SSSR count). The van der Waals surface area contributed by atoms with Gasteiger partial charge in [-0.05, 0) is 31.9 Å². The van der Waals surface area contributed by atoms with E-state index >= 15 is 0 Å². The van der Waals surface area contributed by atoms with Crippen molar-refractivity contribution in [2.75, 3.05) is 6.54 Å². The third-order valence-corrected chi connectivity index (χ3v) is 3.57. The Kier molecular flexibility index (Phi) is 4.22. The summed E-state index contributed by atoms with van der Waals surface area (Å²) in [5.41, 5.74) is 2.07. The standard InChI is InChI=1S/C14H19N3O3/c1-8-5-9(2)17-14(20)11(8)7-16-13(19)10-3-4-12(18)15-6-10/h5,10H,3-4,6-7H2,1-2H3,(H,15,18)(H,16,19)(H,17,20). The van der Waals surface area contributed by atoms with Gasteiger partial charge in [0.05, 0.1) is 5.92 Å². The van der Waals surface area contributed by atoms with E-state index in [1.165, 1.54) is 0 Å². The van der Waals surface area contributed by atoms with E-state index in [1.54, 1.807) is 0 Å². The summed E-state index contributed by atoms with van der Waals surface area (Å²) in [5.74, 6) is -0.346. The largest absolute Gasteiger partial charge is 0.355 e. The summed E-state index contributed by atoms with van der Waals surface area (Å²) in [6.45, 7) is 4.25. The smallest absolute Gasteiger partial charge is 0.253 e. The number of hydrogen-bond donors (Lipinski definition) is 3. The van der Waals surface area contributed by atoms with Gasteiger partial charge in [-0.15, -0.1) is 0 Å². The second-order valence-electron chi connectivity index (χ2n) is 5.20. The van der Waals surface area contributed by atoms with Crippen molar-refractivity contribution in [3.8, 4) is 0 Å². The first kappa shape index (κ1) is 14.3. The van der Waals surface area contributed by atoms with Gasteiger partial charge in [-0.3, -0.25) is 14.4 Å². The number of aromatic amines is 1. The highest BCUT2D eigenvalue weighted by atomic mass is 16.2. The van der Waals surface area contributed by atoms with E-state index in [0.29, 0.717) is 24.9 Å². The minimum absolute atomic E-state index is 0.0140. The van der Waals surface area contributed by atoms with E-state index in [4.69, 9.17) is 0 Å². The van der Waals surface area contributed by atoms with E-state index < -0.39 is 0 Å². The van der Waals surface area contributed by atoms with Crippen LogP contribution in [0.2, 0.25) is 0 Å². The SMILES string of the molecule is Cc1cc(C)c(CNC(=O)C2CCC(=O)NC2)c(=O)[nH]1. The fourth-order valence-corrected chi connectivity index (χ4v) is 2.38. The number of aromatic nitrogens is 1. The fraction of sp³-hybridized carbons (Fsp3) is 0.500. The van der Waals surface area contributed by atoms with Crippen molar-refractivity contribution in [3.63, 3.8) is 0 Å². The molecule has 0 radical (unpaired) electrons. The zero-order valence-electron chi connectivity index (χ0n) is 11.7. The molecule has 2 amide bonds. The highest BCUT2D eigenvalue weighted by molar-refractivity contribution is 5.83. The number of rotatable bonds is 3. The van der Waals surface area contributed by atoms with Crippen LogP contribution < -0.4 is 16.2 Å². The van der Waals surface area contributed by atoms with E-state index in [0.717, 1.165) is 11.3 Å². The van der Waals surface area contributed by atoms with Gasteiger partial charge in [0.1, 0.15) is 0 Å². The molecule has 1 atom stereocenters. The van der Waals surface area contributed by atoms with Crippen molar-refractivity contribution in [3.05, 3.63) is 33.2 Å². The summed E-state index contributed by atoms with van der Waals surface area (Å²) >= 11 is 0. The Labute approximate surface area is 117 Å². The van der Waals surface area contributed by atoms with E-state index in [-0.39, 0.29) is 29.8 Å². The molecule has 1 aromatic rings. The summed E-state index contributed by atoms with van der Waals surface area (Å²) in [6, 6.07) is 1.88. The topological polar surface area (TPSA) is 91.1 Å². The average Bonchev–Trinajstić information content (AvgIpc) is 2.38. The number of hydrogen-bond acceptors (Lipinski definition) is 3. The maximum atomic E-state index is 12.0. The molecular formula is C14H19N3O3. The third-order valence-electron chi connectivity index (χ3n) is 3.57. The number of amides is 2. The van der Waals surface area contributed by atoms with Crippen LogP contribution in [-0.4, -0.2) is 23.3 Å². The molecule has 1 aliphatic heterocycles. The summed E-state index contributed by atoms with van der Waals surface area (Å²) in [4.78, 5) is 37.6. The lowest BCUT2D eigenvalue weighted by Crippen LogP contribution is -2.43. The lowest BCUT2D eigenvalue weighted by molar-refractivity contribution is -0.129. The van der Waals surface area contributed by atoms with Gasteiger partial charge in [0.15, 0.2) is 0 Å². The normalized spacial score (nSPS) is 18.5. The van der Waals surface area contributed by atoms with E-state index in [1.807, 2.05) is 19.9 Å². The number of carbonyl (C=O) groups is 2. The molecule has 3 N–H and O–H groups in total. The van der Waals surface area contributed by atoms with Gasteiger partial charge in [-0.2, -0.15) is 0 Å². The van der Waals surface area contributed by atoms with Gasteiger partial charge >= 0.3 is 0 Å². The molecule has 1 aliphatic rings. The van der Waals surface area contributed by atoms with Gasteiger partial charge in [0.2, 0.25) is 11.8 Å². The van der Waals surface area contributed by atoms with Crippen molar-refractivity contribution >= 4 is 11.8 Å². The van der Waals surface area contributed by atoms with Gasteiger partial charge in [0.25, 0.3) is 5.56 Å². The molecule has 1 aromatic heterocycles. The molecule has 2 heterocycles. The van der Waals surface area contributed by atoms with Crippen LogP contribution in [0.15, 0.2) is 10.9 Å². The van der Waals surface area contributed by atoms with E-state index in [9.17, 15) is 14.4 Å². The first-order valence-corrected chi connectivity index (χ1v) is 6.71. The predicted octanol–water partition coefficient (Wildman–Crippen LogP) is 0.134. The highest BCUT2D eigenvalue weighted by Gasteiger charge is 2.24. The molecule has 0 spiro atoms. The molecule has 0 aliphatic carbocycles. The second kappa shape index (κ2) is 5.90. The number of piperidine rings is 1. The summed E-state index contributed by atoms with van der Waals surface area (Å²) < 4.78 is 0. The van der Waals surface area contributed by atoms with E-state index in [2.05, 4.69) is 15.6 Å². The molecule has 20 heavy (non-hydrogen) atoms. The molecule has 6 nitrogen and oxygen atoms in total. The number of carbonyl (C=O) groups excluding carboxylic acids is 2. The van der Waals surface area contributed by atoms with Crippen LogP contribution in [0.4, 0.5) is 0 Å². The zero-order valence-corrected chi connectivity index (χ0v) is 11.7. The Morgan fingerprint density at radius 3 is 2.75 bits per heavy atom. The Balaban J connectivity index is 1.97. The molecule has 0 saturated carbocycles. The van der Waals surface area contributed by atoms with Crippen LogP contribution in [0.1, 0.15) is 29.7 Å². The second-order valence-corrected chi connectivity index (χ2v) is 5.20. The highest BCUT2D eigenvalue weighted by Crippen LogP contribution is 2.11. The van der Waals surface area contributed by atoms with Gasteiger partial charge in [-0.1, -0.05) is 0 Å². The average molecular weight is 277 g/mol. The minimum atomic E-state index is -0.211. The number of aryl methyl sites for hydroxylation is 2. The summed E-state index contributed by atoms with van der Waals surface area (Å²) in [6.07, 6.45) is 0.934. The Bertz CT molecular complexity index is 582. The van der Waals surface area contributed by atoms with Crippen LogP contribution in [0.3, 0.4) is 0 Å². The molecule has 1 fully saturated rings. The fourth-order valence-electron chi connectivity index (χ4n) is 2.38. The van der Waals surface area contributed by atoms with Gasteiger partial charge in [0, 0.05) is 30.8 Å². The van der Waals surface area contributed by atoms with Crippen LogP contribution in [0, 0.1) is 19.8 Å². The predicted molar refractivity (Wildman–Crippen MR) is 74.1 cm³/mol. The first-order chi connectivity index (χ1) is 9.47. The molecule has 0 bridgehead atoms. The van der Waals surface area contributed by atoms with Crippen LogP contribution in [-0.2, 0) is 16.1 Å². The molecule has 108 valence electrons. The Morgan fingerprint density at radius 2 is 2.15 bits per heavy atom. The maximum Gasteiger partial charge on any atom is 0.253 e. The molecule has 6 heteroatoms. The Hall–Kier alpha value is -2.11. The zero-order chi connectivity index (χ0) is 14.7. The third kappa shape index (κ3) is 3.26. The lowest BCUT2D eigenvalue weighted by Gasteiger charge is -2.21. The van der Waals surface area contributed by atoms with Crippen LogP contribution in [0.25, 0.3) is 0 Å². The molecule has 0 aromatic carbocycles. The molecule has 1 unspecified atom stereocenters. The van der Waals surface area contributed by atoms with Crippen molar-refractivity contribution in [1.29, 1.82) is 0 Å². The summed E-state index contributed by atoms with van der Waals surface area (Å²) in [7, 11) is 0. The summed E-state index contributed by atoms with van der Waals surface area (Å²) in [5, 5.41) is 5.45. The van der Waals surface area contributed by atoms with Crippen molar-refractivity contribution < 1.29 is 9.59 Å². The minimum Gasteiger partial charge on any atom is -0.355 e.